The summed E-state index contributed by atoms with van der Waals surface area (Å²) in [4.78, 5) is 12.7. The smallest absolute Gasteiger partial charge is 0.240 e. The molecule has 0 radical (unpaired) electrons. The van der Waals surface area contributed by atoms with Crippen molar-refractivity contribution < 1.29 is 9.53 Å². The fourth-order valence-corrected chi connectivity index (χ4v) is 3.64. The molecule has 22 heavy (non-hydrogen) atoms. The van der Waals surface area contributed by atoms with E-state index in [4.69, 9.17) is 10.5 Å². The first kappa shape index (κ1) is 15.3. The van der Waals surface area contributed by atoms with Crippen molar-refractivity contribution in [3.05, 3.63) is 29.8 Å². The topological polar surface area (TPSA) is 64.4 Å². The third-order valence-electron chi connectivity index (χ3n) is 4.88. The lowest BCUT2D eigenvalue weighted by molar-refractivity contribution is -0.128. The second kappa shape index (κ2) is 5.58. The minimum Gasteiger partial charge on any atom is -0.487 e. The molecule has 1 aromatic rings. The van der Waals surface area contributed by atoms with Crippen LogP contribution in [0.4, 0.5) is 0 Å². The van der Waals surface area contributed by atoms with Crippen LogP contribution in [-0.2, 0) is 4.79 Å². The number of hydrogen-bond acceptors (Lipinski definition) is 3. The molecule has 1 amide bonds. The van der Waals surface area contributed by atoms with Gasteiger partial charge in [0.05, 0.1) is 11.6 Å². The van der Waals surface area contributed by atoms with Crippen LogP contribution in [0.2, 0.25) is 0 Å². The molecule has 0 aromatic heterocycles. The molecule has 0 spiro atoms. The van der Waals surface area contributed by atoms with E-state index in [1.807, 2.05) is 24.3 Å². The van der Waals surface area contributed by atoms with Gasteiger partial charge in [-0.15, -0.1) is 0 Å². The molecule has 1 atom stereocenters. The van der Waals surface area contributed by atoms with Crippen molar-refractivity contribution >= 4 is 5.91 Å². The van der Waals surface area contributed by atoms with Crippen molar-refractivity contribution in [2.75, 3.05) is 0 Å². The number of ether oxygens (including phenoxy) is 1. The normalized spacial score (nSPS) is 25.7. The molecule has 1 aliphatic carbocycles. The van der Waals surface area contributed by atoms with E-state index in [0.29, 0.717) is 0 Å². The predicted octanol–water partition coefficient (Wildman–Crippen LogP) is 3.07. The molecular weight excluding hydrogens is 276 g/mol. The van der Waals surface area contributed by atoms with Gasteiger partial charge in [-0.3, -0.25) is 4.79 Å². The third kappa shape index (κ3) is 2.98. The van der Waals surface area contributed by atoms with E-state index in [1.54, 1.807) is 0 Å². The number of hydrogen-bond donors (Lipinski definition) is 2. The molecule has 4 heteroatoms. The van der Waals surface area contributed by atoms with E-state index in [-0.39, 0.29) is 17.6 Å². The van der Waals surface area contributed by atoms with E-state index in [9.17, 15) is 4.79 Å². The Labute approximate surface area is 132 Å². The summed E-state index contributed by atoms with van der Waals surface area (Å²) in [7, 11) is 0. The van der Waals surface area contributed by atoms with E-state index in [1.165, 1.54) is 6.42 Å². The fourth-order valence-electron chi connectivity index (χ4n) is 3.64. The van der Waals surface area contributed by atoms with Crippen molar-refractivity contribution in [1.29, 1.82) is 0 Å². The Bertz CT molecular complexity index is 562. The lowest BCUT2D eigenvalue weighted by atomic mass is 9.81. The minimum atomic E-state index is -0.699. The summed E-state index contributed by atoms with van der Waals surface area (Å²) < 4.78 is 6.02. The van der Waals surface area contributed by atoms with Gasteiger partial charge in [0, 0.05) is 12.0 Å². The van der Waals surface area contributed by atoms with Crippen molar-refractivity contribution in [1.82, 2.24) is 5.32 Å². The van der Waals surface area contributed by atoms with Crippen LogP contribution in [0.3, 0.4) is 0 Å². The summed E-state index contributed by atoms with van der Waals surface area (Å²) in [6.07, 6.45) is 5.59. The van der Waals surface area contributed by atoms with E-state index in [0.717, 1.165) is 43.4 Å². The molecule has 2 aliphatic rings. The maximum atomic E-state index is 12.7. The number of nitrogens with one attached hydrogen (secondary N) is 1. The minimum absolute atomic E-state index is 0.00953. The Morgan fingerprint density at radius 2 is 1.91 bits per heavy atom. The van der Waals surface area contributed by atoms with Crippen LogP contribution in [0.5, 0.6) is 5.75 Å². The van der Waals surface area contributed by atoms with Crippen molar-refractivity contribution in [2.45, 2.75) is 69.6 Å². The lowest BCUT2D eigenvalue weighted by Crippen LogP contribution is -2.56. The summed E-state index contributed by atoms with van der Waals surface area (Å²) >= 11 is 0. The van der Waals surface area contributed by atoms with Crippen LogP contribution in [0.25, 0.3) is 0 Å². The molecule has 1 unspecified atom stereocenters. The van der Waals surface area contributed by atoms with Crippen LogP contribution in [0.15, 0.2) is 24.3 Å². The highest BCUT2D eigenvalue weighted by molar-refractivity contribution is 5.86. The summed E-state index contributed by atoms with van der Waals surface area (Å²) in [5, 5.41) is 3.20. The van der Waals surface area contributed by atoms with E-state index < -0.39 is 5.54 Å². The first-order chi connectivity index (χ1) is 10.4. The zero-order chi connectivity index (χ0) is 15.8. The SMILES string of the molecule is CC1(C)CC(NC(=O)C2(N)CCCCC2)c2ccccc2O1. The van der Waals surface area contributed by atoms with Gasteiger partial charge in [-0.05, 0) is 32.8 Å². The van der Waals surface area contributed by atoms with Gasteiger partial charge in [0.1, 0.15) is 11.4 Å². The van der Waals surface area contributed by atoms with Crippen LogP contribution >= 0.6 is 0 Å². The molecule has 120 valence electrons. The Hall–Kier alpha value is -1.55. The number of rotatable bonds is 2. The summed E-state index contributed by atoms with van der Waals surface area (Å²) in [5.41, 5.74) is 6.42. The zero-order valence-corrected chi connectivity index (χ0v) is 13.5. The fraction of sp³-hybridized carbons (Fsp3) is 0.611. The van der Waals surface area contributed by atoms with Crippen molar-refractivity contribution in [2.24, 2.45) is 5.73 Å². The maximum absolute atomic E-state index is 12.7. The van der Waals surface area contributed by atoms with Gasteiger partial charge in [0.2, 0.25) is 5.91 Å². The summed E-state index contributed by atoms with van der Waals surface area (Å²) in [6.45, 7) is 4.11. The van der Waals surface area contributed by atoms with Crippen LogP contribution < -0.4 is 15.8 Å². The molecule has 0 saturated heterocycles. The number of fused-ring (bicyclic) bond motifs is 1. The summed E-state index contributed by atoms with van der Waals surface area (Å²) in [6, 6.07) is 7.91. The molecule has 1 aromatic carbocycles. The monoisotopic (exact) mass is 302 g/mol. The molecule has 3 N–H and O–H groups in total. The molecule has 1 aliphatic heterocycles. The van der Waals surface area contributed by atoms with E-state index in [2.05, 4.69) is 19.2 Å². The second-order valence-corrected chi connectivity index (χ2v) is 7.35. The number of carbonyl (C=O) groups is 1. The zero-order valence-electron chi connectivity index (χ0n) is 13.5. The number of carbonyl (C=O) groups excluding carboxylic acids is 1. The average molecular weight is 302 g/mol. The highest BCUT2D eigenvalue weighted by Crippen LogP contribution is 2.39. The number of para-hydroxylation sites is 1. The van der Waals surface area contributed by atoms with Gasteiger partial charge in [-0.25, -0.2) is 0 Å². The molecule has 4 nitrogen and oxygen atoms in total. The summed E-state index contributed by atoms with van der Waals surface area (Å²) in [5.74, 6) is 0.850. The molecule has 1 saturated carbocycles. The van der Waals surface area contributed by atoms with Gasteiger partial charge < -0.3 is 15.8 Å². The van der Waals surface area contributed by atoms with Crippen molar-refractivity contribution in [3.63, 3.8) is 0 Å². The van der Waals surface area contributed by atoms with Gasteiger partial charge in [0.15, 0.2) is 0 Å². The first-order valence-corrected chi connectivity index (χ1v) is 8.27. The third-order valence-corrected chi connectivity index (χ3v) is 4.88. The van der Waals surface area contributed by atoms with Gasteiger partial charge in [-0.1, -0.05) is 37.5 Å². The van der Waals surface area contributed by atoms with Crippen molar-refractivity contribution in [3.8, 4) is 5.75 Å². The van der Waals surface area contributed by atoms with Crippen LogP contribution in [-0.4, -0.2) is 17.0 Å². The number of benzene rings is 1. The molecule has 1 fully saturated rings. The maximum Gasteiger partial charge on any atom is 0.240 e. The average Bonchev–Trinajstić information content (AvgIpc) is 2.47. The highest BCUT2D eigenvalue weighted by Gasteiger charge is 2.39. The predicted molar refractivity (Wildman–Crippen MR) is 86.7 cm³/mol. The number of nitrogens with two attached hydrogens (primary N) is 1. The molecular formula is C18H26N2O2. The standard InChI is InChI=1S/C18H26N2O2/c1-17(2)12-14(13-8-4-5-9-15(13)22-17)20-16(21)18(19)10-6-3-7-11-18/h4-5,8-9,14H,3,6-7,10-12,19H2,1-2H3,(H,20,21). The Morgan fingerprint density at radius 1 is 1.23 bits per heavy atom. The largest absolute Gasteiger partial charge is 0.487 e. The molecule has 0 bridgehead atoms. The van der Waals surface area contributed by atoms with E-state index >= 15 is 0 Å². The number of amides is 1. The Morgan fingerprint density at radius 3 is 2.64 bits per heavy atom. The van der Waals surface area contributed by atoms with Gasteiger partial charge in [-0.2, -0.15) is 0 Å². The lowest BCUT2D eigenvalue weighted by Gasteiger charge is -2.40. The van der Waals surface area contributed by atoms with Gasteiger partial charge >= 0.3 is 0 Å². The molecule has 3 rings (SSSR count). The highest BCUT2D eigenvalue weighted by atomic mass is 16.5. The van der Waals surface area contributed by atoms with Crippen LogP contribution in [0, 0.1) is 0 Å². The van der Waals surface area contributed by atoms with Crippen LogP contribution in [0.1, 0.15) is 64.0 Å². The quantitative estimate of drug-likeness (QED) is 0.882. The molecule has 1 heterocycles. The second-order valence-electron chi connectivity index (χ2n) is 7.35. The first-order valence-electron chi connectivity index (χ1n) is 8.27. The van der Waals surface area contributed by atoms with Gasteiger partial charge in [0.25, 0.3) is 0 Å². The Balaban J connectivity index is 1.81. The Kier molecular flexibility index (Phi) is 3.89.